The summed E-state index contributed by atoms with van der Waals surface area (Å²) in [5, 5.41) is 0. The zero-order valence-electron chi connectivity index (χ0n) is 11.3. The van der Waals surface area contributed by atoms with E-state index in [0.29, 0.717) is 11.6 Å². The average Bonchev–Trinajstić information content (AvgIpc) is 3.31. The minimum atomic E-state index is -0.314. The Hall–Kier alpha value is -1.64. The monoisotopic (exact) mass is 257 g/mol. The van der Waals surface area contributed by atoms with Gasteiger partial charge in [-0.05, 0) is 67.2 Å². The predicted octanol–water partition coefficient (Wildman–Crippen LogP) is 3.70. The summed E-state index contributed by atoms with van der Waals surface area (Å²) in [5.74, 6) is 0.191. The number of methoxy groups -OCH3 is 1. The molecule has 0 aliphatic heterocycles. The number of nitrogens with zero attached hydrogens (tertiary/aromatic N) is 1. The molecule has 0 aromatic carbocycles. The van der Waals surface area contributed by atoms with Crippen molar-refractivity contribution in [1.82, 2.24) is 4.98 Å². The Labute approximate surface area is 113 Å². The maximum absolute atomic E-state index is 11.8. The Kier molecular flexibility index (Phi) is 3.36. The van der Waals surface area contributed by atoms with Gasteiger partial charge in [-0.15, -0.1) is 0 Å². The first kappa shape index (κ1) is 12.4. The van der Waals surface area contributed by atoms with Crippen molar-refractivity contribution >= 4 is 11.5 Å². The number of hydrogen-bond donors (Lipinski definition) is 0. The van der Waals surface area contributed by atoms with E-state index in [2.05, 4.69) is 17.1 Å². The number of esters is 1. The molecule has 1 saturated carbocycles. The normalized spacial score (nSPS) is 18.9. The van der Waals surface area contributed by atoms with E-state index in [-0.39, 0.29) is 5.97 Å². The summed E-state index contributed by atoms with van der Waals surface area (Å²) in [7, 11) is 1.41. The molecule has 0 unspecified atom stereocenters. The smallest absolute Gasteiger partial charge is 0.356 e. The lowest BCUT2D eigenvalue weighted by Gasteiger charge is -2.14. The van der Waals surface area contributed by atoms with Crippen LogP contribution < -0.4 is 0 Å². The molecule has 0 amide bonds. The van der Waals surface area contributed by atoms with Crippen LogP contribution in [0, 0.1) is 0 Å². The number of carbonyl (C=O) groups excluding carboxylic acids is 1. The number of pyridine rings is 1. The van der Waals surface area contributed by atoms with Crippen LogP contribution in [0.15, 0.2) is 18.3 Å². The molecule has 19 heavy (non-hydrogen) atoms. The minimum Gasteiger partial charge on any atom is -0.464 e. The van der Waals surface area contributed by atoms with E-state index in [1.807, 2.05) is 6.20 Å². The molecule has 1 fully saturated rings. The summed E-state index contributed by atoms with van der Waals surface area (Å²) in [4.78, 5) is 16.1. The van der Waals surface area contributed by atoms with Gasteiger partial charge in [-0.25, -0.2) is 9.78 Å². The second-order valence-electron chi connectivity index (χ2n) is 5.40. The van der Waals surface area contributed by atoms with E-state index in [0.717, 1.165) is 31.2 Å². The Morgan fingerprint density at radius 3 is 2.84 bits per heavy atom. The molecule has 0 N–H and O–H groups in total. The molecule has 0 bridgehead atoms. The van der Waals surface area contributed by atoms with Gasteiger partial charge in [0.1, 0.15) is 0 Å². The van der Waals surface area contributed by atoms with Crippen LogP contribution in [0.5, 0.6) is 0 Å². The van der Waals surface area contributed by atoms with Gasteiger partial charge < -0.3 is 4.74 Å². The van der Waals surface area contributed by atoms with Gasteiger partial charge in [0.2, 0.25) is 0 Å². The summed E-state index contributed by atoms with van der Waals surface area (Å²) in [6.45, 7) is 0. The molecule has 0 atom stereocenters. The molecule has 1 heterocycles. The third-order valence-electron chi connectivity index (χ3n) is 3.97. The third kappa shape index (κ3) is 2.55. The van der Waals surface area contributed by atoms with Gasteiger partial charge in [-0.1, -0.05) is 6.08 Å². The van der Waals surface area contributed by atoms with Crippen LogP contribution in [-0.2, 0) is 4.74 Å². The number of allylic oxidation sites excluding steroid dienone is 2. The highest BCUT2D eigenvalue weighted by atomic mass is 16.5. The molecule has 3 rings (SSSR count). The highest BCUT2D eigenvalue weighted by Crippen LogP contribution is 2.42. The molecule has 2 aliphatic rings. The van der Waals surface area contributed by atoms with E-state index in [4.69, 9.17) is 4.74 Å². The Morgan fingerprint density at radius 1 is 1.37 bits per heavy atom. The number of aromatic nitrogens is 1. The van der Waals surface area contributed by atoms with Crippen molar-refractivity contribution < 1.29 is 9.53 Å². The highest BCUT2D eigenvalue weighted by molar-refractivity contribution is 5.89. The summed E-state index contributed by atoms with van der Waals surface area (Å²) < 4.78 is 4.82. The summed E-state index contributed by atoms with van der Waals surface area (Å²) in [5.41, 5.74) is 4.16. The lowest BCUT2D eigenvalue weighted by atomic mass is 9.93. The first-order valence-corrected chi connectivity index (χ1v) is 7.07. The molecule has 2 aliphatic carbocycles. The zero-order chi connectivity index (χ0) is 13.2. The molecular weight excluding hydrogens is 238 g/mol. The van der Waals surface area contributed by atoms with Crippen LogP contribution in [0.4, 0.5) is 0 Å². The van der Waals surface area contributed by atoms with Crippen molar-refractivity contribution in [3.63, 3.8) is 0 Å². The summed E-state index contributed by atoms with van der Waals surface area (Å²) in [6.07, 6.45) is 11.3. The fourth-order valence-electron chi connectivity index (χ4n) is 2.73. The molecule has 1 aromatic rings. The van der Waals surface area contributed by atoms with Crippen molar-refractivity contribution in [2.45, 2.75) is 44.4 Å². The highest BCUT2D eigenvalue weighted by Gasteiger charge is 2.30. The quantitative estimate of drug-likeness (QED) is 0.775. The van der Waals surface area contributed by atoms with Gasteiger partial charge in [0.05, 0.1) is 7.11 Å². The van der Waals surface area contributed by atoms with Gasteiger partial charge in [-0.2, -0.15) is 0 Å². The van der Waals surface area contributed by atoms with E-state index in [9.17, 15) is 4.79 Å². The van der Waals surface area contributed by atoms with E-state index in [1.165, 1.54) is 31.1 Å². The third-order valence-corrected chi connectivity index (χ3v) is 3.97. The molecule has 1 aromatic heterocycles. The van der Waals surface area contributed by atoms with Crippen LogP contribution in [-0.4, -0.2) is 18.1 Å². The zero-order valence-corrected chi connectivity index (χ0v) is 11.3. The van der Waals surface area contributed by atoms with E-state index >= 15 is 0 Å². The lowest BCUT2D eigenvalue weighted by molar-refractivity contribution is 0.0592. The largest absolute Gasteiger partial charge is 0.464 e. The molecule has 0 saturated heterocycles. The molecular formula is C16H19NO2. The molecule has 3 heteroatoms. The molecule has 0 spiro atoms. The van der Waals surface area contributed by atoms with Crippen LogP contribution in [0.25, 0.3) is 5.57 Å². The number of rotatable bonds is 3. The Morgan fingerprint density at radius 2 is 2.21 bits per heavy atom. The van der Waals surface area contributed by atoms with Crippen molar-refractivity contribution in [2.24, 2.45) is 0 Å². The fraction of sp³-hybridized carbons (Fsp3) is 0.500. The topological polar surface area (TPSA) is 39.2 Å². The van der Waals surface area contributed by atoms with E-state index < -0.39 is 0 Å². The van der Waals surface area contributed by atoms with Crippen LogP contribution in [0.1, 0.15) is 66.1 Å². The minimum absolute atomic E-state index is 0.314. The lowest BCUT2D eigenvalue weighted by Crippen LogP contribution is -2.09. The molecule has 3 nitrogen and oxygen atoms in total. The summed E-state index contributed by atoms with van der Waals surface area (Å²) in [6, 6.07) is 2.16. The van der Waals surface area contributed by atoms with Crippen LogP contribution in [0.3, 0.4) is 0 Å². The van der Waals surface area contributed by atoms with Crippen LogP contribution in [0.2, 0.25) is 0 Å². The summed E-state index contributed by atoms with van der Waals surface area (Å²) >= 11 is 0. The van der Waals surface area contributed by atoms with Gasteiger partial charge in [-0.3, -0.25) is 0 Å². The first-order valence-electron chi connectivity index (χ1n) is 7.07. The van der Waals surface area contributed by atoms with Gasteiger partial charge in [0.15, 0.2) is 5.69 Å². The maximum Gasteiger partial charge on any atom is 0.356 e. The first-order chi connectivity index (χ1) is 9.29. The second kappa shape index (κ2) is 5.16. The van der Waals surface area contributed by atoms with Gasteiger partial charge in [0.25, 0.3) is 0 Å². The predicted molar refractivity (Wildman–Crippen MR) is 74.0 cm³/mol. The maximum atomic E-state index is 11.8. The fourth-order valence-corrected chi connectivity index (χ4v) is 2.73. The second-order valence-corrected chi connectivity index (χ2v) is 5.40. The SMILES string of the molecule is COC(=O)c1ncc(C2=CCCCC2)cc1C1CC1. The Bertz CT molecular complexity index is 530. The van der Waals surface area contributed by atoms with Gasteiger partial charge in [0, 0.05) is 6.20 Å². The van der Waals surface area contributed by atoms with Crippen molar-refractivity contribution in [1.29, 1.82) is 0 Å². The molecule has 100 valence electrons. The number of hydrogen-bond acceptors (Lipinski definition) is 3. The van der Waals surface area contributed by atoms with Crippen molar-refractivity contribution in [2.75, 3.05) is 7.11 Å². The van der Waals surface area contributed by atoms with Crippen molar-refractivity contribution in [3.05, 3.63) is 35.2 Å². The van der Waals surface area contributed by atoms with Crippen molar-refractivity contribution in [3.8, 4) is 0 Å². The average molecular weight is 257 g/mol. The number of ether oxygens (including phenoxy) is 1. The van der Waals surface area contributed by atoms with Gasteiger partial charge >= 0.3 is 5.97 Å². The van der Waals surface area contributed by atoms with E-state index in [1.54, 1.807) is 0 Å². The Balaban J connectivity index is 1.97. The molecule has 0 radical (unpaired) electrons. The number of carbonyl (C=O) groups is 1. The van der Waals surface area contributed by atoms with Crippen LogP contribution >= 0.6 is 0 Å². The standard InChI is InChI=1S/C16H19NO2/c1-19-16(18)15-14(12-7-8-12)9-13(10-17-15)11-5-3-2-4-6-11/h5,9-10,12H,2-4,6-8H2,1H3.